The van der Waals surface area contributed by atoms with Gasteiger partial charge in [0.2, 0.25) is 0 Å². The van der Waals surface area contributed by atoms with Gasteiger partial charge in [0.15, 0.2) is 0 Å². The van der Waals surface area contributed by atoms with Crippen molar-refractivity contribution < 1.29 is 4.74 Å². The predicted octanol–water partition coefficient (Wildman–Crippen LogP) is 4.06. The number of thiazole rings is 1. The maximum absolute atomic E-state index is 8.75. The summed E-state index contributed by atoms with van der Waals surface area (Å²) in [5.41, 5.74) is 2.68. The molecule has 0 saturated carbocycles. The molecule has 0 saturated heterocycles. The van der Waals surface area contributed by atoms with Crippen LogP contribution in [0.4, 0.5) is 0 Å². The van der Waals surface area contributed by atoms with Crippen molar-refractivity contribution >= 4 is 21.6 Å². The number of fused-ring (bicyclic) bond motifs is 1. The van der Waals surface area contributed by atoms with Gasteiger partial charge in [-0.3, -0.25) is 0 Å². The summed E-state index contributed by atoms with van der Waals surface area (Å²) in [7, 11) is 0. The number of nitriles is 1. The smallest absolute Gasteiger partial charge is 0.122 e. The second-order valence-corrected chi connectivity index (χ2v) is 5.69. The van der Waals surface area contributed by atoms with E-state index in [0.717, 1.165) is 21.8 Å². The maximum atomic E-state index is 8.75. The van der Waals surface area contributed by atoms with E-state index < -0.39 is 0 Å². The Morgan fingerprint density at radius 3 is 2.75 bits per heavy atom. The molecule has 4 heteroatoms. The first kappa shape index (κ1) is 12.6. The molecular weight excluding hydrogens is 268 g/mol. The van der Waals surface area contributed by atoms with Crippen LogP contribution in [0.1, 0.15) is 16.1 Å². The third kappa shape index (κ3) is 2.63. The molecule has 0 aliphatic carbocycles. The SMILES string of the molecule is Cc1nc2cc(OCc3ccc(C#N)cc3)ccc2s1. The van der Waals surface area contributed by atoms with Crippen LogP contribution in [0.25, 0.3) is 10.2 Å². The van der Waals surface area contributed by atoms with Gasteiger partial charge < -0.3 is 4.74 Å². The van der Waals surface area contributed by atoms with Gasteiger partial charge in [0.05, 0.1) is 26.9 Å². The molecule has 0 atom stereocenters. The average molecular weight is 280 g/mol. The lowest BCUT2D eigenvalue weighted by molar-refractivity contribution is 0.306. The Labute approximate surface area is 121 Å². The van der Waals surface area contributed by atoms with Crippen molar-refractivity contribution in [3.05, 3.63) is 58.6 Å². The summed E-state index contributed by atoms with van der Waals surface area (Å²) in [6, 6.07) is 15.5. The molecule has 0 unspecified atom stereocenters. The van der Waals surface area contributed by atoms with Crippen molar-refractivity contribution in [2.45, 2.75) is 13.5 Å². The molecular formula is C16H12N2OS. The first-order chi connectivity index (χ1) is 9.74. The molecule has 98 valence electrons. The normalized spacial score (nSPS) is 10.4. The van der Waals surface area contributed by atoms with Crippen LogP contribution in [0.15, 0.2) is 42.5 Å². The molecule has 20 heavy (non-hydrogen) atoms. The average Bonchev–Trinajstić information content (AvgIpc) is 2.85. The number of hydrogen-bond donors (Lipinski definition) is 0. The molecule has 0 fully saturated rings. The Kier molecular flexibility index (Phi) is 3.36. The van der Waals surface area contributed by atoms with Gasteiger partial charge in [0.1, 0.15) is 12.4 Å². The third-order valence-electron chi connectivity index (χ3n) is 2.95. The summed E-state index contributed by atoms with van der Waals surface area (Å²) >= 11 is 1.68. The first-order valence-electron chi connectivity index (χ1n) is 6.23. The fourth-order valence-corrected chi connectivity index (χ4v) is 2.76. The molecule has 3 aromatic rings. The van der Waals surface area contributed by atoms with E-state index in [9.17, 15) is 0 Å². The number of ether oxygens (including phenoxy) is 1. The lowest BCUT2D eigenvalue weighted by Gasteiger charge is -2.06. The molecule has 3 rings (SSSR count). The first-order valence-corrected chi connectivity index (χ1v) is 7.05. The van der Waals surface area contributed by atoms with Crippen molar-refractivity contribution in [2.24, 2.45) is 0 Å². The molecule has 0 bridgehead atoms. The monoisotopic (exact) mass is 280 g/mol. The lowest BCUT2D eigenvalue weighted by Crippen LogP contribution is -1.95. The zero-order valence-electron chi connectivity index (χ0n) is 11.0. The van der Waals surface area contributed by atoms with Crippen molar-refractivity contribution in [1.29, 1.82) is 5.26 Å². The van der Waals surface area contributed by atoms with Crippen LogP contribution in [-0.4, -0.2) is 4.98 Å². The zero-order valence-corrected chi connectivity index (χ0v) is 11.8. The minimum absolute atomic E-state index is 0.486. The summed E-state index contributed by atoms with van der Waals surface area (Å²) in [4.78, 5) is 4.45. The maximum Gasteiger partial charge on any atom is 0.122 e. The van der Waals surface area contributed by atoms with Crippen molar-refractivity contribution in [1.82, 2.24) is 4.98 Å². The number of aryl methyl sites for hydroxylation is 1. The summed E-state index contributed by atoms with van der Waals surface area (Å²) < 4.78 is 6.94. The van der Waals surface area contributed by atoms with Gasteiger partial charge in [-0.25, -0.2) is 4.98 Å². The summed E-state index contributed by atoms with van der Waals surface area (Å²) in [5.74, 6) is 0.812. The lowest BCUT2D eigenvalue weighted by atomic mass is 10.2. The van der Waals surface area contributed by atoms with E-state index in [0.29, 0.717) is 12.2 Å². The van der Waals surface area contributed by atoms with Gasteiger partial charge in [-0.15, -0.1) is 11.3 Å². The quantitative estimate of drug-likeness (QED) is 0.727. The van der Waals surface area contributed by atoms with Gasteiger partial charge in [-0.1, -0.05) is 12.1 Å². The number of nitrogens with zero attached hydrogens (tertiary/aromatic N) is 2. The highest BCUT2D eigenvalue weighted by Crippen LogP contribution is 2.25. The van der Waals surface area contributed by atoms with Crippen molar-refractivity contribution in [2.75, 3.05) is 0 Å². The van der Waals surface area contributed by atoms with E-state index in [2.05, 4.69) is 11.1 Å². The van der Waals surface area contributed by atoms with Crippen LogP contribution in [0.3, 0.4) is 0 Å². The Morgan fingerprint density at radius 1 is 1.20 bits per heavy atom. The van der Waals surface area contributed by atoms with E-state index in [1.165, 1.54) is 4.70 Å². The molecule has 1 aromatic heterocycles. The number of benzene rings is 2. The summed E-state index contributed by atoms with van der Waals surface area (Å²) in [6.45, 7) is 2.49. The molecule has 2 aromatic carbocycles. The molecule has 3 nitrogen and oxygen atoms in total. The van der Waals surface area contributed by atoms with Gasteiger partial charge in [-0.05, 0) is 36.8 Å². The third-order valence-corrected chi connectivity index (χ3v) is 3.91. The molecule has 1 heterocycles. The Balaban J connectivity index is 1.74. The van der Waals surface area contributed by atoms with Crippen LogP contribution in [0, 0.1) is 18.3 Å². The van der Waals surface area contributed by atoms with Gasteiger partial charge >= 0.3 is 0 Å². The Bertz CT molecular complexity index is 784. The highest BCUT2D eigenvalue weighted by Gasteiger charge is 2.03. The van der Waals surface area contributed by atoms with Crippen LogP contribution >= 0.6 is 11.3 Å². The number of rotatable bonds is 3. The highest BCUT2D eigenvalue weighted by molar-refractivity contribution is 7.18. The van der Waals surface area contributed by atoms with Gasteiger partial charge in [0, 0.05) is 6.07 Å². The fourth-order valence-electron chi connectivity index (χ4n) is 1.95. The minimum Gasteiger partial charge on any atom is -0.489 e. The number of hydrogen-bond acceptors (Lipinski definition) is 4. The summed E-state index contributed by atoms with van der Waals surface area (Å²) in [6.07, 6.45) is 0. The van der Waals surface area contributed by atoms with E-state index in [1.54, 1.807) is 23.5 Å². The molecule has 0 N–H and O–H groups in total. The standard InChI is InChI=1S/C16H12N2OS/c1-11-18-15-8-14(6-7-16(15)20-11)19-10-13-4-2-12(9-17)3-5-13/h2-8H,10H2,1H3. The second-order valence-electron chi connectivity index (χ2n) is 4.46. The van der Waals surface area contributed by atoms with E-state index in [-0.39, 0.29) is 0 Å². The van der Waals surface area contributed by atoms with Crippen molar-refractivity contribution in [3.8, 4) is 11.8 Å². The van der Waals surface area contributed by atoms with Crippen LogP contribution in [0.2, 0.25) is 0 Å². The van der Waals surface area contributed by atoms with E-state index in [1.807, 2.05) is 37.3 Å². The molecule has 0 aliphatic heterocycles. The molecule has 0 aliphatic rings. The Hall–Kier alpha value is -2.38. The number of aromatic nitrogens is 1. The van der Waals surface area contributed by atoms with Crippen LogP contribution in [-0.2, 0) is 6.61 Å². The largest absolute Gasteiger partial charge is 0.489 e. The topological polar surface area (TPSA) is 45.9 Å². The Morgan fingerprint density at radius 2 is 2.00 bits per heavy atom. The zero-order chi connectivity index (χ0) is 13.9. The van der Waals surface area contributed by atoms with E-state index >= 15 is 0 Å². The minimum atomic E-state index is 0.486. The van der Waals surface area contributed by atoms with E-state index in [4.69, 9.17) is 10.00 Å². The van der Waals surface area contributed by atoms with Crippen LogP contribution < -0.4 is 4.74 Å². The predicted molar refractivity (Wildman–Crippen MR) is 79.8 cm³/mol. The van der Waals surface area contributed by atoms with Crippen molar-refractivity contribution in [3.63, 3.8) is 0 Å². The highest BCUT2D eigenvalue weighted by atomic mass is 32.1. The van der Waals surface area contributed by atoms with Crippen LogP contribution in [0.5, 0.6) is 5.75 Å². The fraction of sp³-hybridized carbons (Fsp3) is 0.125. The molecule has 0 spiro atoms. The second kappa shape index (κ2) is 5.32. The summed E-state index contributed by atoms with van der Waals surface area (Å²) in [5, 5.41) is 9.81. The molecule has 0 amide bonds. The molecule has 0 radical (unpaired) electrons. The van der Waals surface area contributed by atoms with Gasteiger partial charge in [-0.2, -0.15) is 5.26 Å². The van der Waals surface area contributed by atoms with Gasteiger partial charge in [0.25, 0.3) is 0 Å².